The van der Waals surface area contributed by atoms with Crippen molar-refractivity contribution >= 4 is 32.3 Å². The molecule has 0 saturated heterocycles. The molecule has 1 aromatic heterocycles. The van der Waals surface area contributed by atoms with Crippen LogP contribution >= 0.6 is 11.5 Å². The lowest BCUT2D eigenvalue weighted by Gasteiger charge is -2.00. The van der Waals surface area contributed by atoms with E-state index in [-0.39, 0.29) is 18.1 Å². The number of nitrogens with zero attached hydrogens (tertiary/aromatic N) is 1. The summed E-state index contributed by atoms with van der Waals surface area (Å²) in [6.45, 7) is 4.98. The van der Waals surface area contributed by atoms with Gasteiger partial charge in [0.1, 0.15) is 5.00 Å². The van der Waals surface area contributed by atoms with E-state index < -0.39 is 9.84 Å². The molecule has 1 heterocycles. The third-order valence-corrected chi connectivity index (χ3v) is 3.84. The van der Waals surface area contributed by atoms with Gasteiger partial charge >= 0.3 is 0 Å². The maximum absolute atomic E-state index is 11.4. The number of sulfone groups is 1. The first kappa shape index (κ1) is 12.9. The average Bonchev–Trinajstić information content (AvgIpc) is 2.61. The van der Waals surface area contributed by atoms with Gasteiger partial charge in [0.05, 0.1) is 11.4 Å². The van der Waals surface area contributed by atoms with Gasteiger partial charge in [0.25, 0.3) is 0 Å². The Balaban J connectivity index is 2.46. The lowest BCUT2D eigenvalue weighted by atomic mass is 10.4. The van der Waals surface area contributed by atoms with Crippen LogP contribution in [0.2, 0.25) is 0 Å². The molecule has 16 heavy (non-hydrogen) atoms. The summed E-state index contributed by atoms with van der Waals surface area (Å²) in [5.41, 5.74) is 0.819. The minimum absolute atomic E-state index is 0.0781. The van der Waals surface area contributed by atoms with Crippen molar-refractivity contribution in [3.8, 4) is 0 Å². The Hall–Kier alpha value is -1.21. The second kappa shape index (κ2) is 5.22. The van der Waals surface area contributed by atoms with Gasteiger partial charge in [-0.15, -0.1) is 0 Å². The van der Waals surface area contributed by atoms with Crippen molar-refractivity contribution in [1.29, 1.82) is 0 Å². The highest BCUT2D eigenvalue weighted by molar-refractivity contribution is 7.94. The van der Waals surface area contributed by atoms with Gasteiger partial charge in [-0.05, 0) is 24.5 Å². The molecule has 0 atom stereocenters. The number of hydrogen-bond acceptors (Lipinski definition) is 5. The average molecular weight is 260 g/mol. The van der Waals surface area contributed by atoms with E-state index in [0.717, 1.165) is 11.1 Å². The highest BCUT2D eigenvalue weighted by Crippen LogP contribution is 2.15. The Labute approximate surface area is 98.3 Å². The minimum atomic E-state index is -3.31. The molecule has 1 rings (SSSR count). The van der Waals surface area contributed by atoms with Crippen LogP contribution in [0.5, 0.6) is 0 Å². The van der Waals surface area contributed by atoms with Gasteiger partial charge in [0, 0.05) is 11.8 Å². The van der Waals surface area contributed by atoms with E-state index in [2.05, 4.69) is 16.3 Å². The third kappa shape index (κ3) is 4.11. The summed E-state index contributed by atoms with van der Waals surface area (Å²) in [6, 6.07) is 1.73. The number of aryl methyl sites for hydroxylation is 1. The predicted molar refractivity (Wildman–Crippen MR) is 64.1 cm³/mol. The first-order valence-corrected chi connectivity index (χ1v) is 7.00. The van der Waals surface area contributed by atoms with Crippen molar-refractivity contribution in [2.75, 3.05) is 11.1 Å². The van der Waals surface area contributed by atoms with E-state index in [9.17, 15) is 13.2 Å². The van der Waals surface area contributed by atoms with E-state index in [1.165, 1.54) is 11.5 Å². The van der Waals surface area contributed by atoms with Gasteiger partial charge in [-0.1, -0.05) is 6.58 Å². The monoisotopic (exact) mass is 260 g/mol. The van der Waals surface area contributed by atoms with E-state index >= 15 is 0 Å². The molecule has 1 aromatic rings. The van der Waals surface area contributed by atoms with Crippen molar-refractivity contribution < 1.29 is 13.2 Å². The van der Waals surface area contributed by atoms with Gasteiger partial charge in [-0.2, -0.15) is 4.37 Å². The zero-order valence-electron chi connectivity index (χ0n) is 8.76. The molecule has 5 nitrogen and oxygen atoms in total. The Bertz CT molecular complexity index is 491. The molecule has 0 spiro atoms. The number of nitrogens with one attached hydrogen (secondary N) is 1. The zero-order chi connectivity index (χ0) is 12.2. The van der Waals surface area contributed by atoms with Crippen molar-refractivity contribution in [2.45, 2.75) is 13.3 Å². The fourth-order valence-electron chi connectivity index (χ4n) is 0.941. The summed E-state index contributed by atoms with van der Waals surface area (Å²) in [7, 11) is -3.31. The number of hydrogen-bond donors (Lipinski definition) is 1. The molecule has 0 radical (unpaired) electrons. The van der Waals surface area contributed by atoms with Crippen LogP contribution in [0.1, 0.15) is 12.1 Å². The molecule has 1 N–H and O–H groups in total. The van der Waals surface area contributed by atoms with Gasteiger partial charge in [-0.25, -0.2) is 8.42 Å². The highest BCUT2D eigenvalue weighted by Gasteiger charge is 2.10. The molecular formula is C9H12N2O3S2. The van der Waals surface area contributed by atoms with Crippen molar-refractivity contribution in [3.05, 3.63) is 23.7 Å². The normalized spacial score (nSPS) is 11.1. The second-order valence-corrected chi connectivity index (χ2v) is 6.04. The summed E-state index contributed by atoms with van der Waals surface area (Å²) in [4.78, 5) is 11.4. The molecule has 0 unspecified atom stereocenters. The fraction of sp³-hybridized carbons (Fsp3) is 0.333. The van der Waals surface area contributed by atoms with Crippen molar-refractivity contribution in [1.82, 2.24) is 4.37 Å². The molecule has 0 aliphatic carbocycles. The number of carbonyl (C=O) groups is 1. The third-order valence-electron chi connectivity index (χ3n) is 1.76. The van der Waals surface area contributed by atoms with Crippen LogP contribution < -0.4 is 5.32 Å². The molecule has 1 amide bonds. The zero-order valence-corrected chi connectivity index (χ0v) is 10.4. The molecule has 0 bridgehead atoms. The topological polar surface area (TPSA) is 76.1 Å². The first-order chi connectivity index (χ1) is 7.43. The fourth-order valence-corrected chi connectivity index (χ4v) is 2.26. The Morgan fingerprint density at radius 2 is 2.38 bits per heavy atom. The summed E-state index contributed by atoms with van der Waals surface area (Å²) in [5.74, 6) is -0.561. The maximum Gasteiger partial charge on any atom is 0.226 e. The summed E-state index contributed by atoms with van der Waals surface area (Å²) in [5, 5.41) is 4.06. The SMILES string of the molecule is C=CS(=O)(=O)CCC(=O)Nc1cc(C)ns1. The number of amides is 1. The van der Waals surface area contributed by atoms with Crippen LogP contribution in [0.3, 0.4) is 0 Å². The van der Waals surface area contributed by atoms with Crippen LogP contribution in [0.25, 0.3) is 0 Å². The predicted octanol–water partition coefficient (Wildman–Crippen LogP) is 1.34. The van der Waals surface area contributed by atoms with Crippen LogP contribution in [-0.4, -0.2) is 24.5 Å². The number of aromatic nitrogens is 1. The van der Waals surface area contributed by atoms with Gasteiger partial charge in [-0.3, -0.25) is 4.79 Å². The van der Waals surface area contributed by atoms with E-state index in [0.29, 0.717) is 5.00 Å². The summed E-state index contributed by atoms with van der Waals surface area (Å²) >= 11 is 1.17. The Morgan fingerprint density at radius 3 is 2.88 bits per heavy atom. The van der Waals surface area contributed by atoms with Crippen molar-refractivity contribution in [3.63, 3.8) is 0 Å². The molecule has 0 saturated carbocycles. The minimum Gasteiger partial charge on any atom is -0.316 e. The quantitative estimate of drug-likeness (QED) is 0.866. The molecule has 0 aromatic carbocycles. The van der Waals surface area contributed by atoms with Crippen molar-refractivity contribution in [2.24, 2.45) is 0 Å². The van der Waals surface area contributed by atoms with E-state index in [4.69, 9.17) is 0 Å². The molecular weight excluding hydrogens is 248 g/mol. The first-order valence-electron chi connectivity index (χ1n) is 4.51. The van der Waals surface area contributed by atoms with Crippen LogP contribution in [-0.2, 0) is 14.6 Å². The Kier molecular flexibility index (Phi) is 4.19. The smallest absolute Gasteiger partial charge is 0.226 e. The van der Waals surface area contributed by atoms with E-state index in [1.807, 2.05) is 6.92 Å². The highest BCUT2D eigenvalue weighted by atomic mass is 32.2. The molecule has 0 fully saturated rings. The summed E-state index contributed by atoms with van der Waals surface area (Å²) in [6.07, 6.45) is -0.0781. The molecule has 0 aliphatic heterocycles. The van der Waals surface area contributed by atoms with E-state index in [1.54, 1.807) is 6.07 Å². The number of carbonyl (C=O) groups excluding carboxylic acids is 1. The molecule has 0 aliphatic rings. The molecule has 88 valence electrons. The van der Waals surface area contributed by atoms with Crippen LogP contribution in [0.4, 0.5) is 5.00 Å². The van der Waals surface area contributed by atoms with Gasteiger partial charge < -0.3 is 5.32 Å². The Morgan fingerprint density at radius 1 is 1.69 bits per heavy atom. The second-order valence-electron chi connectivity index (χ2n) is 3.16. The lowest BCUT2D eigenvalue weighted by Crippen LogP contribution is -2.15. The summed E-state index contributed by atoms with van der Waals surface area (Å²) < 4.78 is 26.1. The maximum atomic E-state index is 11.4. The standard InChI is InChI=1S/C9H12N2O3S2/c1-3-16(13,14)5-4-8(12)10-9-6-7(2)11-15-9/h3,6H,1,4-5H2,2H3,(H,10,12). The van der Waals surface area contributed by atoms with Crippen LogP contribution in [0.15, 0.2) is 18.1 Å². The molecule has 7 heteroatoms. The lowest BCUT2D eigenvalue weighted by molar-refractivity contribution is -0.115. The van der Waals surface area contributed by atoms with Crippen LogP contribution in [0, 0.1) is 6.92 Å². The number of rotatable bonds is 5. The number of anilines is 1. The van der Waals surface area contributed by atoms with Gasteiger partial charge in [0.2, 0.25) is 5.91 Å². The largest absolute Gasteiger partial charge is 0.316 e. The van der Waals surface area contributed by atoms with Gasteiger partial charge in [0.15, 0.2) is 9.84 Å².